The molecule has 2 fully saturated rings. The molecule has 1 saturated heterocycles. The molecule has 0 radical (unpaired) electrons. The molecule has 114 valence electrons. The van der Waals surface area contributed by atoms with Gasteiger partial charge < -0.3 is 10.2 Å². The minimum atomic E-state index is -0.181. The van der Waals surface area contributed by atoms with Crippen LogP contribution in [0.4, 0.5) is 0 Å². The lowest BCUT2D eigenvalue weighted by atomic mass is 10.0. The highest BCUT2D eigenvalue weighted by molar-refractivity contribution is 7.10. The van der Waals surface area contributed by atoms with Crippen molar-refractivity contribution < 1.29 is 9.59 Å². The molecule has 1 aromatic heterocycles. The molecule has 21 heavy (non-hydrogen) atoms. The van der Waals surface area contributed by atoms with E-state index in [1.165, 1.54) is 4.88 Å². The van der Waals surface area contributed by atoms with Crippen LogP contribution in [0.3, 0.4) is 0 Å². The van der Waals surface area contributed by atoms with Gasteiger partial charge in [0.25, 0.3) is 0 Å². The van der Waals surface area contributed by atoms with E-state index in [-0.39, 0.29) is 23.8 Å². The Hall–Kier alpha value is -1.36. The van der Waals surface area contributed by atoms with E-state index in [1.54, 1.807) is 11.3 Å². The zero-order valence-corrected chi connectivity index (χ0v) is 13.4. The van der Waals surface area contributed by atoms with E-state index in [0.29, 0.717) is 24.9 Å². The lowest BCUT2D eigenvalue weighted by molar-refractivity contribution is -0.129. The Balaban J connectivity index is 1.64. The van der Waals surface area contributed by atoms with Crippen LogP contribution in [0.1, 0.15) is 44.0 Å². The molecule has 2 aliphatic rings. The van der Waals surface area contributed by atoms with Gasteiger partial charge in [-0.3, -0.25) is 9.59 Å². The summed E-state index contributed by atoms with van der Waals surface area (Å²) in [6, 6.07) is 4.53. The van der Waals surface area contributed by atoms with Crippen LogP contribution in [0, 0.1) is 11.8 Å². The molecule has 3 rings (SSSR count). The third-order valence-corrected chi connectivity index (χ3v) is 5.29. The van der Waals surface area contributed by atoms with E-state index >= 15 is 0 Å². The van der Waals surface area contributed by atoms with Crippen molar-refractivity contribution in [3.63, 3.8) is 0 Å². The average molecular weight is 306 g/mol. The van der Waals surface area contributed by atoms with Gasteiger partial charge in [0, 0.05) is 23.9 Å². The van der Waals surface area contributed by atoms with Crippen LogP contribution in [-0.2, 0) is 9.59 Å². The maximum absolute atomic E-state index is 12.5. The SMILES string of the molecule is CC(C)C(NC(=O)C1CC(=O)N(C2CC2)C1)c1cccs1. The van der Waals surface area contributed by atoms with Crippen molar-refractivity contribution in [2.45, 2.75) is 45.2 Å². The lowest BCUT2D eigenvalue weighted by Gasteiger charge is -2.23. The van der Waals surface area contributed by atoms with Gasteiger partial charge in [-0.15, -0.1) is 11.3 Å². The van der Waals surface area contributed by atoms with Gasteiger partial charge in [0.1, 0.15) is 0 Å². The second-order valence-electron chi connectivity index (χ2n) is 6.42. The Bertz CT molecular complexity index is 522. The predicted molar refractivity (Wildman–Crippen MR) is 82.9 cm³/mol. The number of carbonyl (C=O) groups excluding carboxylic acids is 2. The molecule has 2 unspecified atom stereocenters. The minimum Gasteiger partial charge on any atom is -0.348 e. The summed E-state index contributed by atoms with van der Waals surface area (Å²) in [4.78, 5) is 27.6. The summed E-state index contributed by atoms with van der Waals surface area (Å²) < 4.78 is 0. The first kappa shape index (κ1) is 14.6. The zero-order chi connectivity index (χ0) is 15.0. The highest BCUT2D eigenvalue weighted by Crippen LogP contribution is 2.33. The molecule has 0 bridgehead atoms. The standard InChI is InChI=1S/C16H22N2O2S/c1-10(2)15(13-4-3-7-21-13)17-16(20)11-8-14(19)18(9-11)12-5-6-12/h3-4,7,10-12,15H,5-6,8-9H2,1-2H3,(H,17,20). The molecule has 2 heterocycles. The quantitative estimate of drug-likeness (QED) is 0.909. The van der Waals surface area contributed by atoms with Crippen LogP contribution in [-0.4, -0.2) is 29.3 Å². The van der Waals surface area contributed by atoms with Crippen LogP contribution in [0.15, 0.2) is 17.5 Å². The first-order chi connectivity index (χ1) is 10.1. The average Bonchev–Trinajstić information content (AvgIpc) is 2.99. The largest absolute Gasteiger partial charge is 0.348 e. The van der Waals surface area contributed by atoms with Crippen LogP contribution in [0.5, 0.6) is 0 Å². The number of nitrogens with zero attached hydrogens (tertiary/aromatic N) is 1. The molecule has 1 saturated carbocycles. The summed E-state index contributed by atoms with van der Waals surface area (Å²) in [6.07, 6.45) is 2.57. The van der Waals surface area contributed by atoms with E-state index < -0.39 is 0 Å². The van der Waals surface area contributed by atoms with Gasteiger partial charge >= 0.3 is 0 Å². The van der Waals surface area contributed by atoms with Crippen molar-refractivity contribution in [1.82, 2.24) is 10.2 Å². The van der Waals surface area contributed by atoms with Gasteiger partial charge in [0.2, 0.25) is 11.8 Å². The Morgan fingerprint density at radius 3 is 2.76 bits per heavy atom. The van der Waals surface area contributed by atoms with Gasteiger partial charge in [-0.2, -0.15) is 0 Å². The Labute approximate surface area is 129 Å². The van der Waals surface area contributed by atoms with Crippen molar-refractivity contribution in [3.05, 3.63) is 22.4 Å². The summed E-state index contributed by atoms with van der Waals surface area (Å²) in [5.74, 6) is 0.331. The molecule has 5 heteroatoms. The first-order valence-electron chi connectivity index (χ1n) is 7.69. The predicted octanol–water partition coefficient (Wildman–Crippen LogP) is 2.57. The zero-order valence-electron chi connectivity index (χ0n) is 12.5. The second-order valence-corrected chi connectivity index (χ2v) is 7.40. The van der Waals surface area contributed by atoms with Gasteiger partial charge in [-0.05, 0) is 30.2 Å². The smallest absolute Gasteiger partial charge is 0.225 e. The van der Waals surface area contributed by atoms with Crippen molar-refractivity contribution in [2.75, 3.05) is 6.54 Å². The number of amides is 2. The number of carbonyl (C=O) groups is 2. The molecule has 2 atom stereocenters. The summed E-state index contributed by atoms with van der Waals surface area (Å²) >= 11 is 1.67. The highest BCUT2D eigenvalue weighted by Gasteiger charge is 2.42. The van der Waals surface area contributed by atoms with Crippen molar-refractivity contribution >= 4 is 23.2 Å². The third kappa shape index (κ3) is 3.12. The molecule has 1 aliphatic carbocycles. The molecular formula is C16H22N2O2S. The Kier molecular flexibility index (Phi) is 4.02. The first-order valence-corrected chi connectivity index (χ1v) is 8.57. The number of hydrogen-bond donors (Lipinski definition) is 1. The van der Waals surface area contributed by atoms with Crippen LogP contribution in [0.25, 0.3) is 0 Å². The minimum absolute atomic E-state index is 0.0265. The maximum atomic E-state index is 12.5. The second kappa shape index (κ2) is 5.79. The fraction of sp³-hybridized carbons (Fsp3) is 0.625. The lowest BCUT2D eigenvalue weighted by Crippen LogP contribution is -2.37. The number of nitrogens with one attached hydrogen (secondary N) is 1. The van der Waals surface area contributed by atoms with Crippen molar-refractivity contribution in [1.29, 1.82) is 0 Å². The molecule has 0 spiro atoms. The topological polar surface area (TPSA) is 49.4 Å². The molecule has 4 nitrogen and oxygen atoms in total. The Morgan fingerprint density at radius 1 is 1.43 bits per heavy atom. The van der Waals surface area contributed by atoms with Gasteiger partial charge in [0.05, 0.1) is 12.0 Å². The van der Waals surface area contributed by atoms with E-state index in [1.807, 2.05) is 16.3 Å². The number of hydrogen-bond acceptors (Lipinski definition) is 3. The maximum Gasteiger partial charge on any atom is 0.225 e. The van der Waals surface area contributed by atoms with Crippen molar-refractivity contribution in [3.8, 4) is 0 Å². The van der Waals surface area contributed by atoms with E-state index in [4.69, 9.17) is 0 Å². The summed E-state index contributed by atoms with van der Waals surface area (Å²) in [5.41, 5.74) is 0. The number of thiophene rings is 1. The fourth-order valence-electron chi connectivity index (χ4n) is 2.95. The van der Waals surface area contributed by atoms with Gasteiger partial charge in [-0.1, -0.05) is 19.9 Å². The van der Waals surface area contributed by atoms with Crippen LogP contribution in [0.2, 0.25) is 0 Å². The molecule has 1 N–H and O–H groups in total. The summed E-state index contributed by atoms with van der Waals surface area (Å²) in [5, 5.41) is 5.19. The molecular weight excluding hydrogens is 284 g/mol. The van der Waals surface area contributed by atoms with E-state index in [0.717, 1.165) is 12.8 Å². The number of likely N-dealkylation sites (tertiary alicyclic amines) is 1. The molecule has 1 aliphatic heterocycles. The molecule has 0 aromatic carbocycles. The normalized spacial score (nSPS) is 23.7. The highest BCUT2D eigenvalue weighted by atomic mass is 32.1. The fourth-order valence-corrected chi connectivity index (χ4v) is 3.90. The summed E-state index contributed by atoms with van der Waals surface area (Å²) in [7, 11) is 0. The van der Waals surface area contributed by atoms with E-state index in [2.05, 4.69) is 25.2 Å². The van der Waals surface area contributed by atoms with Crippen molar-refractivity contribution in [2.24, 2.45) is 11.8 Å². The monoisotopic (exact) mass is 306 g/mol. The Morgan fingerprint density at radius 2 is 2.19 bits per heavy atom. The van der Waals surface area contributed by atoms with E-state index in [9.17, 15) is 9.59 Å². The van der Waals surface area contributed by atoms with Crippen LogP contribution >= 0.6 is 11.3 Å². The van der Waals surface area contributed by atoms with Gasteiger partial charge in [-0.25, -0.2) is 0 Å². The molecule has 1 aromatic rings. The number of rotatable bonds is 5. The van der Waals surface area contributed by atoms with Crippen LogP contribution < -0.4 is 5.32 Å². The molecule has 2 amide bonds. The summed E-state index contributed by atoms with van der Waals surface area (Å²) in [6.45, 7) is 4.83. The third-order valence-electron chi connectivity index (χ3n) is 4.33. The van der Waals surface area contributed by atoms with Gasteiger partial charge in [0.15, 0.2) is 0 Å².